The predicted molar refractivity (Wildman–Crippen MR) is 90.5 cm³/mol. The number of halogens is 2. The molecule has 0 aliphatic carbocycles. The minimum absolute atomic E-state index is 0.00757. The molecular weight excluding hydrogens is 334 g/mol. The number of thiocarbonyl (C=S) groups is 1. The van der Waals surface area contributed by atoms with Gasteiger partial charge in [0.2, 0.25) is 0 Å². The first-order valence-electron chi connectivity index (χ1n) is 6.96. The second-order valence-electron chi connectivity index (χ2n) is 4.97. The van der Waals surface area contributed by atoms with Gasteiger partial charge in [0.25, 0.3) is 5.91 Å². The average Bonchev–Trinajstić information content (AvgIpc) is 2.85. The maximum absolute atomic E-state index is 13.8. The number of carbonyl (C=O) groups excluding carboxylic acids is 1. The molecule has 122 valence electrons. The fourth-order valence-corrected chi connectivity index (χ4v) is 2.61. The van der Waals surface area contributed by atoms with Crippen molar-refractivity contribution in [1.29, 1.82) is 0 Å². The van der Waals surface area contributed by atoms with Gasteiger partial charge in [0, 0.05) is 11.6 Å². The first-order valence-corrected chi connectivity index (χ1v) is 7.37. The van der Waals surface area contributed by atoms with Crippen molar-refractivity contribution in [3.05, 3.63) is 65.4 Å². The molecular formula is C17H12F2N2O2S. The van der Waals surface area contributed by atoms with Crippen LogP contribution in [0.5, 0.6) is 5.75 Å². The zero-order valence-electron chi connectivity index (χ0n) is 12.5. The molecule has 1 aliphatic rings. The van der Waals surface area contributed by atoms with E-state index in [2.05, 4.69) is 5.32 Å². The van der Waals surface area contributed by atoms with Gasteiger partial charge in [-0.1, -0.05) is 12.1 Å². The van der Waals surface area contributed by atoms with E-state index in [4.69, 9.17) is 17.0 Å². The zero-order chi connectivity index (χ0) is 17.3. The molecule has 3 rings (SSSR count). The maximum Gasteiger partial charge on any atom is 0.281 e. The second-order valence-corrected chi connectivity index (χ2v) is 5.35. The van der Waals surface area contributed by atoms with E-state index in [-0.39, 0.29) is 16.4 Å². The number of carbonyl (C=O) groups is 1. The Labute approximate surface area is 142 Å². The van der Waals surface area contributed by atoms with E-state index in [1.807, 2.05) is 0 Å². The standard InChI is InChI=1S/C17H12F2N2O2S/c1-23-11-5-2-4-10(8-11)21-16(22)15(20-17(21)24)9-12-13(18)6-3-7-14(12)19/h2-9H,1H3,(H,20,24)/b15-9-. The lowest BCUT2D eigenvalue weighted by molar-refractivity contribution is -0.113. The Kier molecular flexibility index (Phi) is 4.26. The van der Waals surface area contributed by atoms with Crippen LogP contribution in [0.15, 0.2) is 48.2 Å². The predicted octanol–water partition coefficient (Wildman–Crippen LogP) is 3.24. The highest BCUT2D eigenvalue weighted by atomic mass is 32.1. The smallest absolute Gasteiger partial charge is 0.281 e. The number of benzene rings is 2. The van der Waals surface area contributed by atoms with E-state index in [9.17, 15) is 13.6 Å². The van der Waals surface area contributed by atoms with E-state index >= 15 is 0 Å². The minimum atomic E-state index is -0.761. The monoisotopic (exact) mass is 346 g/mol. The summed E-state index contributed by atoms with van der Waals surface area (Å²) in [5, 5.41) is 2.81. The normalized spacial score (nSPS) is 15.8. The van der Waals surface area contributed by atoms with Crippen LogP contribution in [0.25, 0.3) is 6.08 Å². The van der Waals surface area contributed by atoms with Crippen molar-refractivity contribution in [2.45, 2.75) is 0 Å². The van der Waals surface area contributed by atoms with Crippen molar-refractivity contribution in [3.8, 4) is 5.75 Å². The van der Waals surface area contributed by atoms with E-state index in [0.29, 0.717) is 11.4 Å². The van der Waals surface area contributed by atoms with Crippen molar-refractivity contribution < 1.29 is 18.3 Å². The summed E-state index contributed by atoms with van der Waals surface area (Å²) in [6.07, 6.45) is 1.11. The highest BCUT2D eigenvalue weighted by Crippen LogP contribution is 2.26. The van der Waals surface area contributed by atoms with Gasteiger partial charge in [-0.15, -0.1) is 0 Å². The minimum Gasteiger partial charge on any atom is -0.497 e. The van der Waals surface area contributed by atoms with Crippen LogP contribution >= 0.6 is 12.2 Å². The molecule has 1 heterocycles. The van der Waals surface area contributed by atoms with Gasteiger partial charge < -0.3 is 10.1 Å². The van der Waals surface area contributed by atoms with Gasteiger partial charge in [-0.3, -0.25) is 9.69 Å². The lowest BCUT2D eigenvalue weighted by Gasteiger charge is -2.14. The Morgan fingerprint density at radius 2 is 1.83 bits per heavy atom. The van der Waals surface area contributed by atoms with Crippen molar-refractivity contribution in [3.63, 3.8) is 0 Å². The van der Waals surface area contributed by atoms with E-state index in [1.165, 1.54) is 18.1 Å². The number of methoxy groups -OCH3 is 1. The number of hydrogen-bond acceptors (Lipinski definition) is 3. The number of amides is 1. The van der Waals surface area contributed by atoms with Crippen LogP contribution in [0.1, 0.15) is 5.56 Å². The largest absolute Gasteiger partial charge is 0.497 e. The summed E-state index contributed by atoms with van der Waals surface area (Å²) < 4.78 is 32.6. The first-order chi connectivity index (χ1) is 11.5. The van der Waals surface area contributed by atoms with Gasteiger partial charge in [-0.05, 0) is 42.6 Å². The number of ether oxygens (including phenoxy) is 1. The summed E-state index contributed by atoms with van der Waals surface area (Å²) in [6, 6.07) is 10.2. The molecule has 0 aromatic heterocycles. The van der Waals surface area contributed by atoms with Gasteiger partial charge >= 0.3 is 0 Å². The average molecular weight is 346 g/mol. The van der Waals surface area contributed by atoms with Crippen molar-refractivity contribution in [2.24, 2.45) is 0 Å². The third kappa shape index (κ3) is 2.85. The van der Waals surface area contributed by atoms with Crippen LogP contribution in [-0.4, -0.2) is 18.1 Å². The molecule has 7 heteroatoms. The van der Waals surface area contributed by atoms with Gasteiger partial charge in [-0.25, -0.2) is 8.78 Å². The molecule has 4 nitrogen and oxygen atoms in total. The third-order valence-electron chi connectivity index (χ3n) is 3.48. The summed E-state index contributed by atoms with van der Waals surface area (Å²) >= 11 is 5.16. The fraction of sp³-hybridized carbons (Fsp3) is 0.0588. The molecule has 1 aliphatic heterocycles. The number of nitrogens with one attached hydrogen (secondary N) is 1. The molecule has 1 saturated heterocycles. The van der Waals surface area contributed by atoms with Crippen molar-refractivity contribution in [1.82, 2.24) is 5.32 Å². The summed E-state index contributed by atoms with van der Waals surface area (Å²) in [4.78, 5) is 13.8. The fourth-order valence-electron chi connectivity index (χ4n) is 2.31. The molecule has 2 aromatic rings. The Morgan fingerprint density at radius 3 is 2.50 bits per heavy atom. The van der Waals surface area contributed by atoms with Crippen molar-refractivity contribution in [2.75, 3.05) is 12.0 Å². The molecule has 0 spiro atoms. The van der Waals surface area contributed by atoms with Crippen LogP contribution in [-0.2, 0) is 4.79 Å². The Morgan fingerprint density at radius 1 is 1.17 bits per heavy atom. The summed E-state index contributed by atoms with van der Waals surface area (Å²) in [6.45, 7) is 0. The summed E-state index contributed by atoms with van der Waals surface area (Å²) in [5.41, 5.74) is 0.185. The number of hydrogen-bond donors (Lipinski definition) is 1. The van der Waals surface area contributed by atoms with Gasteiger partial charge in [0.05, 0.1) is 12.8 Å². The molecule has 1 fully saturated rings. The molecule has 24 heavy (non-hydrogen) atoms. The van der Waals surface area contributed by atoms with E-state index in [1.54, 1.807) is 24.3 Å². The highest BCUT2D eigenvalue weighted by Gasteiger charge is 2.32. The Bertz CT molecular complexity index is 847. The lowest BCUT2D eigenvalue weighted by atomic mass is 10.1. The Hall–Kier alpha value is -2.80. The molecule has 0 saturated carbocycles. The number of nitrogens with zero attached hydrogens (tertiary/aromatic N) is 1. The molecule has 1 amide bonds. The molecule has 2 aromatic carbocycles. The molecule has 0 radical (unpaired) electrons. The molecule has 0 atom stereocenters. The number of rotatable bonds is 3. The van der Waals surface area contributed by atoms with Gasteiger partial charge in [0.1, 0.15) is 23.1 Å². The lowest BCUT2D eigenvalue weighted by Crippen LogP contribution is -2.30. The second kappa shape index (κ2) is 6.37. The van der Waals surface area contributed by atoms with Crippen molar-refractivity contribution >= 4 is 35.0 Å². The highest BCUT2D eigenvalue weighted by molar-refractivity contribution is 7.80. The van der Waals surface area contributed by atoms with Gasteiger partial charge in [-0.2, -0.15) is 0 Å². The van der Waals surface area contributed by atoms with Crippen LogP contribution < -0.4 is 15.0 Å². The topological polar surface area (TPSA) is 41.6 Å². The van der Waals surface area contributed by atoms with Crippen LogP contribution in [0, 0.1) is 11.6 Å². The van der Waals surface area contributed by atoms with E-state index < -0.39 is 17.5 Å². The maximum atomic E-state index is 13.8. The summed E-state index contributed by atoms with van der Waals surface area (Å²) in [5.74, 6) is -1.47. The van der Waals surface area contributed by atoms with Crippen LogP contribution in [0.3, 0.4) is 0 Å². The quantitative estimate of drug-likeness (QED) is 0.684. The van der Waals surface area contributed by atoms with E-state index in [0.717, 1.165) is 18.2 Å². The van der Waals surface area contributed by atoms with Gasteiger partial charge in [0.15, 0.2) is 5.11 Å². The molecule has 0 bridgehead atoms. The first kappa shape index (κ1) is 16.1. The molecule has 1 N–H and O–H groups in total. The Balaban J connectivity index is 1.98. The van der Waals surface area contributed by atoms with Crippen LogP contribution in [0.2, 0.25) is 0 Å². The SMILES string of the molecule is COc1cccc(N2C(=O)/C(=C/c3c(F)cccc3F)NC2=S)c1. The zero-order valence-corrected chi connectivity index (χ0v) is 13.4. The van der Waals surface area contributed by atoms with Crippen LogP contribution in [0.4, 0.5) is 14.5 Å². The molecule has 0 unspecified atom stereocenters. The number of anilines is 1. The summed E-state index contributed by atoms with van der Waals surface area (Å²) in [7, 11) is 1.51. The third-order valence-corrected chi connectivity index (χ3v) is 3.76.